The highest BCUT2D eigenvalue weighted by Crippen LogP contribution is 2.29. The Hall–Kier alpha value is -2.01. The van der Waals surface area contributed by atoms with Crippen LogP contribution in [0.3, 0.4) is 0 Å². The number of pyridine rings is 1. The molecule has 0 aliphatic heterocycles. The van der Waals surface area contributed by atoms with Gasteiger partial charge in [-0.05, 0) is 17.7 Å². The molecule has 0 saturated carbocycles. The molecule has 3 nitrogen and oxygen atoms in total. The number of nitrogens with one attached hydrogen (secondary N) is 1. The van der Waals surface area contributed by atoms with Gasteiger partial charge in [-0.15, -0.1) is 6.04 Å². The number of hydrogen-bond acceptors (Lipinski definition) is 2. The van der Waals surface area contributed by atoms with Crippen LogP contribution in [0.1, 0.15) is 18.5 Å². The zero-order valence-corrected chi connectivity index (χ0v) is 10.3. The Kier molecular flexibility index (Phi) is 4.06. The van der Waals surface area contributed by atoms with Crippen molar-refractivity contribution >= 4 is 0 Å². The Balaban J connectivity index is 2.35. The number of rotatable bonds is 4. The molecule has 0 amide bonds. The summed E-state index contributed by atoms with van der Waals surface area (Å²) in [4.78, 5) is 3.81. The number of benzene rings is 1. The highest BCUT2D eigenvalue weighted by molar-refractivity contribution is 5.68. The van der Waals surface area contributed by atoms with E-state index in [1.165, 1.54) is 6.20 Å². The molecule has 0 aliphatic carbocycles. The lowest BCUT2D eigenvalue weighted by atomic mass is 10.0. The minimum absolute atomic E-state index is 0.0934. The molecule has 0 bridgehead atoms. The molecule has 1 aromatic heterocycles. The molecule has 5 heteroatoms. The first-order chi connectivity index (χ1) is 9.08. The smallest absolute Gasteiger partial charge is 0.388 e. The summed E-state index contributed by atoms with van der Waals surface area (Å²) in [5.74, 6) is -0.0934. The van der Waals surface area contributed by atoms with Crippen molar-refractivity contribution in [3.05, 3.63) is 53.9 Å². The first-order valence-corrected chi connectivity index (χ1v) is 5.79. The second-order valence-corrected chi connectivity index (χ2v) is 4.08. The lowest BCUT2D eigenvalue weighted by molar-refractivity contribution is -0.0524. The fraction of sp³-hybridized carbons (Fsp3) is 0.214. The molecule has 100 valence electrons. The van der Waals surface area contributed by atoms with Gasteiger partial charge in [-0.2, -0.15) is 8.78 Å². The van der Waals surface area contributed by atoms with Crippen molar-refractivity contribution in [3.63, 3.8) is 0 Å². The van der Waals surface area contributed by atoms with E-state index in [1.54, 1.807) is 43.3 Å². The van der Waals surface area contributed by atoms with Crippen molar-refractivity contribution < 1.29 is 13.5 Å². The predicted molar refractivity (Wildman–Crippen MR) is 69.0 cm³/mol. The monoisotopic (exact) mass is 263 g/mol. The first-order valence-electron chi connectivity index (χ1n) is 5.79. The van der Waals surface area contributed by atoms with Gasteiger partial charge in [0.1, 0.15) is 0 Å². The van der Waals surface area contributed by atoms with Crippen LogP contribution in [0.25, 0.3) is 16.9 Å². The van der Waals surface area contributed by atoms with E-state index in [2.05, 4.69) is 9.72 Å². The van der Waals surface area contributed by atoms with E-state index in [0.717, 1.165) is 11.1 Å². The molecule has 0 spiro atoms. The van der Waals surface area contributed by atoms with Crippen LogP contribution in [0.2, 0.25) is 0 Å². The number of alkyl halides is 2. The molecule has 1 heterocycles. The van der Waals surface area contributed by atoms with Crippen LogP contribution in [0.5, 0.6) is 5.88 Å². The zero-order valence-electron chi connectivity index (χ0n) is 10.3. The second-order valence-electron chi connectivity index (χ2n) is 4.08. The van der Waals surface area contributed by atoms with Crippen LogP contribution >= 0.6 is 0 Å². The Bertz CT molecular complexity index is 541. The van der Waals surface area contributed by atoms with Gasteiger partial charge in [0, 0.05) is 11.8 Å². The molecule has 2 aromatic rings. The van der Waals surface area contributed by atoms with Crippen molar-refractivity contribution in [1.29, 1.82) is 0 Å². The van der Waals surface area contributed by atoms with Crippen LogP contribution in [0, 0.1) is 0 Å². The van der Waals surface area contributed by atoms with Gasteiger partial charge in [0.05, 0.1) is 0 Å². The van der Waals surface area contributed by atoms with Crippen molar-refractivity contribution in [1.82, 2.24) is 4.98 Å². The standard InChI is InChI=1S/C14H13F2N2O/c1-9(17)10-4-6-11(7-5-10)12-3-2-8-18-13(12)19-14(15)16/h2-9,14,17H,1H3/q-1. The van der Waals surface area contributed by atoms with Crippen molar-refractivity contribution in [2.45, 2.75) is 19.6 Å². The van der Waals surface area contributed by atoms with Gasteiger partial charge in [-0.3, -0.25) is 0 Å². The maximum atomic E-state index is 12.3. The molecule has 1 N–H and O–H groups in total. The Morgan fingerprint density at radius 3 is 2.42 bits per heavy atom. The van der Waals surface area contributed by atoms with Crippen LogP contribution in [0.4, 0.5) is 8.78 Å². The first kappa shape index (κ1) is 13.4. The molecule has 19 heavy (non-hydrogen) atoms. The molecular weight excluding hydrogens is 250 g/mol. The normalized spacial score (nSPS) is 12.5. The summed E-state index contributed by atoms with van der Waals surface area (Å²) in [7, 11) is 0. The van der Waals surface area contributed by atoms with Gasteiger partial charge in [0.15, 0.2) is 0 Å². The maximum Gasteiger partial charge on any atom is 0.388 e. The van der Waals surface area contributed by atoms with Gasteiger partial charge in [0.25, 0.3) is 0 Å². The minimum Gasteiger partial charge on any atom is -0.671 e. The Morgan fingerprint density at radius 1 is 1.16 bits per heavy atom. The molecule has 1 unspecified atom stereocenters. The number of nitrogens with zero attached hydrogens (tertiary/aromatic N) is 1. The summed E-state index contributed by atoms with van der Waals surface area (Å²) < 4.78 is 29.0. The van der Waals surface area contributed by atoms with E-state index in [4.69, 9.17) is 5.73 Å². The summed E-state index contributed by atoms with van der Waals surface area (Å²) >= 11 is 0. The summed E-state index contributed by atoms with van der Waals surface area (Å²) in [6.45, 7) is -1.13. The average Bonchev–Trinajstić information content (AvgIpc) is 2.39. The Morgan fingerprint density at radius 2 is 1.84 bits per heavy atom. The third-order valence-electron chi connectivity index (χ3n) is 2.69. The van der Waals surface area contributed by atoms with E-state index >= 15 is 0 Å². The van der Waals surface area contributed by atoms with Gasteiger partial charge < -0.3 is 10.5 Å². The van der Waals surface area contributed by atoms with E-state index in [9.17, 15) is 8.78 Å². The van der Waals surface area contributed by atoms with Gasteiger partial charge in [-0.1, -0.05) is 36.8 Å². The molecule has 1 atom stereocenters. The van der Waals surface area contributed by atoms with Gasteiger partial charge >= 0.3 is 6.61 Å². The lowest BCUT2D eigenvalue weighted by Gasteiger charge is -2.15. The molecule has 1 aromatic carbocycles. The minimum atomic E-state index is -2.90. The topological polar surface area (TPSA) is 45.9 Å². The number of hydrogen-bond donors (Lipinski definition) is 0. The van der Waals surface area contributed by atoms with Gasteiger partial charge in [-0.25, -0.2) is 4.98 Å². The van der Waals surface area contributed by atoms with Crippen molar-refractivity contribution in [2.24, 2.45) is 0 Å². The fourth-order valence-corrected chi connectivity index (χ4v) is 1.74. The summed E-state index contributed by atoms with van der Waals surface area (Å²) in [6, 6.07) is 10.2. The van der Waals surface area contributed by atoms with Crippen LogP contribution in [-0.2, 0) is 0 Å². The van der Waals surface area contributed by atoms with Crippen LogP contribution in [-0.4, -0.2) is 11.6 Å². The number of ether oxygens (including phenoxy) is 1. The lowest BCUT2D eigenvalue weighted by Crippen LogP contribution is -2.04. The largest absolute Gasteiger partial charge is 0.671 e. The van der Waals surface area contributed by atoms with E-state index < -0.39 is 6.61 Å². The molecule has 0 fully saturated rings. The SMILES string of the molecule is CC([NH-])c1ccc(-c2cccnc2OC(F)F)cc1. The quantitative estimate of drug-likeness (QED) is 0.817. The third-order valence-corrected chi connectivity index (χ3v) is 2.69. The van der Waals surface area contributed by atoms with Gasteiger partial charge in [0.2, 0.25) is 5.88 Å². The van der Waals surface area contributed by atoms with E-state index in [0.29, 0.717) is 5.56 Å². The molecule has 0 radical (unpaired) electrons. The van der Waals surface area contributed by atoms with Crippen molar-refractivity contribution in [3.8, 4) is 17.0 Å². The van der Waals surface area contributed by atoms with Crippen molar-refractivity contribution in [2.75, 3.05) is 0 Å². The zero-order chi connectivity index (χ0) is 13.8. The number of halogens is 2. The maximum absolute atomic E-state index is 12.3. The molecular formula is C14H13F2N2O-. The van der Waals surface area contributed by atoms with E-state index in [-0.39, 0.29) is 11.9 Å². The summed E-state index contributed by atoms with van der Waals surface area (Å²) in [5, 5.41) is 0. The second kappa shape index (κ2) is 5.75. The molecule has 0 saturated heterocycles. The van der Waals surface area contributed by atoms with Crippen LogP contribution < -0.4 is 4.74 Å². The fourth-order valence-electron chi connectivity index (χ4n) is 1.74. The molecule has 0 aliphatic rings. The number of aromatic nitrogens is 1. The molecule has 2 rings (SSSR count). The highest BCUT2D eigenvalue weighted by atomic mass is 19.3. The summed E-state index contributed by atoms with van der Waals surface area (Å²) in [5.41, 5.74) is 9.69. The highest BCUT2D eigenvalue weighted by Gasteiger charge is 2.12. The van der Waals surface area contributed by atoms with E-state index in [1.807, 2.05) is 0 Å². The summed E-state index contributed by atoms with van der Waals surface area (Å²) in [6.07, 6.45) is 1.40. The average molecular weight is 263 g/mol. The van der Waals surface area contributed by atoms with Crippen LogP contribution in [0.15, 0.2) is 42.6 Å². The Labute approximate surface area is 110 Å². The third kappa shape index (κ3) is 3.26. The predicted octanol–water partition coefficient (Wildman–Crippen LogP) is 4.46.